The lowest BCUT2D eigenvalue weighted by Gasteiger charge is -2.21. The molecule has 1 fully saturated rings. The molecule has 0 spiro atoms. The van der Waals surface area contributed by atoms with Crippen LogP contribution in [0.15, 0.2) is 0 Å². The number of methoxy groups -OCH3 is 1. The van der Waals surface area contributed by atoms with Crippen molar-refractivity contribution in [1.29, 1.82) is 0 Å². The Balaban J connectivity index is 2.39. The largest absolute Gasteiger partial charge is 0.468 e. The third-order valence-corrected chi connectivity index (χ3v) is 2.68. The van der Waals surface area contributed by atoms with Crippen molar-refractivity contribution < 1.29 is 9.53 Å². The number of hydrogen-bond acceptors (Lipinski definition) is 3. The summed E-state index contributed by atoms with van der Waals surface area (Å²) in [5, 5.41) is 0. The molecule has 3 nitrogen and oxygen atoms in total. The van der Waals surface area contributed by atoms with Crippen LogP contribution in [0.5, 0.6) is 0 Å². The lowest BCUT2D eigenvalue weighted by Crippen LogP contribution is -2.37. The summed E-state index contributed by atoms with van der Waals surface area (Å²) in [5.74, 6) is 0.553. The zero-order chi connectivity index (χ0) is 9.68. The summed E-state index contributed by atoms with van der Waals surface area (Å²) in [6, 6.07) is -0.0202. The summed E-state index contributed by atoms with van der Waals surface area (Å²) in [7, 11) is 1.44. The van der Waals surface area contributed by atoms with Gasteiger partial charge in [-0.05, 0) is 25.8 Å². The Morgan fingerprint density at radius 1 is 1.69 bits per heavy atom. The molecule has 1 heterocycles. The summed E-state index contributed by atoms with van der Waals surface area (Å²) in [6.45, 7) is 1.90. The van der Waals surface area contributed by atoms with Gasteiger partial charge < -0.3 is 4.74 Å². The van der Waals surface area contributed by atoms with Crippen LogP contribution in [0.4, 0.5) is 0 Å². The summed E-state index contributed by atoms with van der Waals surface area (Å²) in [6.07, 6.45) is 2.95. The van der Waals surface area contributed by atoms with Gasteiger partial charge in [0.1, 0.15) is 6.04 Å². The number of hydrogen-bond donors (Lipinski definition) is 0. The Bertz CT molecular complexity index is 175. The van der Waals surface area contributed by atoms with Gasteiger partial charge in [0.25, 0.3) is 0 Å². The number of carbonyl (C=O) groups is 1. The van der Waals surface area contributed by atoms with Crippen LogP contribution in [0.1, 0.15) is 19.3 Å². The van der Waals surface area contributed by atoms with Crippen molar-refractivity contribution in [3.8, 4) is 0 Å². The molecule has 0 aromatic heterocycles. The van der Waals surface area contributed by atoms with Crippen molar-refractivity contribution in [3.63, 3.8) is 0 Å². The predicted molar refractivity (Wildman–Crippen MR) is 51.9 cm³/mol. The highest BCUT2D eigenvalue weighted by Crippen LogP contribution is 2.18. The SMILES string of the molecule is COC(=O)C1CCCN1CCCCl. The minimum atomic E-state index is -0.105. The maximum Gasteiger partial charge on any atom is 0.323 e. The normalized spacial score (nSPS) is 23.4. The van der Waals surface area contributed by atoms with Crippen LogP contribution in [0.25, 0.3) is 0 Å². The van der Waals surface area contributed by atoms with Crippen LogP contribution in [0.3, 0.4) is 0 Å². The van der Waals surface area contributed by atoms with Crippen LogP contribution in [-0.2, 0) is 9.53 Å². The van der Waals surface area contributed by atoms with Crippen molar-refractivity contribution in [2.75, 3.05) is 26.1 Å². The zero-order valence-electron chi connectivity index (χ0n) is 7.96. The van der Waals surface area contributed by atoms with Gasteiger partial charge in [-0.25, -0.2) is 0 Å². The fourth-order valence-corrected chi connectivity index (χ4v) is 1.88. The minimum absolute atomic E-state index is 0.0202. The molecule has 0 radical (unpaired) electrons. The lowest BCUT2D eigenvalue weighted by molar-refractivity contribution is -0.145. The lowest BCUT2D eigenvalue weighted by atomic mass is 10.2. The van der Waals surface area contributed by atoms with E-state index in [0.29, 0.717) is 5.88 Å². The van der Waals surface area contributed by atoms with Crippen molar-refractivity contribution in [3.05, 3.63) is 0 Å². The maximum atomic E-state index is 11.3. The first-order valence-electron chi connectivity index (χ1n) is 4.67. The topological polar surface area (TPSA) is 29.5 Å². The van der Waals surface area contributed by atoms with E-state index < -0.39 is 0 Å². The third kappa shape index (κ3) is 2.85. The highest BCUT2D eigenvalue weighted by molar-refractivity contribution is 6.17. The van der Waals surface area contributed by atoms with Crippen molar-refractivity contribution in [2.45, 2.75) is 25.3 Å². The van der Waals surface area contributed by atoms with Gasteiger partial charge in [0, 0.05) is 12.4 Å². The van der Waals surface area contributed by atoms with Gasteiger partial charge in [-0.2, -0.15) is 0 Å². The van der Waals surface area contributed by atoms with Crippen molar-refractivity contribution in [1.82, 2.24) is 4.90 Å². The number of esters is 1. The van der Waals surface area contributed by atoms with E-state index in [9.17, 15) is 4.79 Å². The molecule has 4 heteroatoms. The molecule has 76 valence electrons. The zero-order valence-corrected chi connectivity index (χ0v) is 8.72. The minimum Gasteiger partial charge on any atom is -0.468 e. The van der Waals surface area contributed by atoms with Crippen LogP contribution in [0, 0.1) is 0 Å². The number of alkyl halides is 1. The van der Waals surface area contributed by atoms with Gasteiger partial charge in [-0.1, -0.05) is 0 Å². The molecule has 1 aliphatic heterocycles. The number of ether oxygens (including phenoxy) is 1. The van der Waals surface area contributed by atoms with Gasteiger partial charge in [-0.15, -0.1) is 11.6 Å². The van der Waals surface area contributed by atoms with Crippen molar-refractivity contribution >= 4 is 17.6 Å². The summed E-state index contributed by atoms with van der Waals surface area (Å²) in [4.78, 5) is 13.5. The van der Waals surface area contributed by atoms with Gasteiger partial charge in [0.2, 0.25) is 0 Å². The molecule has 0 N–H and O–H groups in total. The average Bonchev–Trinajstić information content (AvgIpc) is 2.61. The van der Waals surface area contributed by atoms with Crippen LogP contribution < -0.4 is 0 Å². The molecule has 1 atom stereocenters. The fourth-order valence-electron chi connectivity index (χ4n) is 1.76. The monoisotopic (exact) mass is 205 g/mol. The number of nitrogens with zero attached hydrogens (tertiary/aromatic N) is 1. The van der Waals surface area contributed by atoms with E-state index >= 15 is 0 Å². The molecule has 0 aromatic rings. The summed E-state index contributed by atoms with van der Waals surface area (Å²) in [5.41, 5.74) is 0. The number of carbonyl (C=O) groups excluding carboxylic acids is 1. The summed E-state index contributed by atoms with van der Waals surface area (Å²) >= 11 is 5.60. The molecular formula is C9H16ClNO2. The molecule has 1 saturated heterocycles. The van der Waals surface area contributed by atoms with Gasteiger partial charge in [-0.3, -0.25) is 9.69 Å². The highest BCUT2D eigenvalue weighted by Gasteiger charge is 2.30. The smallest absolute Gasteiger partial charge is 0.323 e. The standard InChI is InChI=1S/C9H16ClNO2/c1-13-9(12)8-4-2-6-11(8)7-3-5-10/h8H,2-7H2,1H3. The fraction of sp³-hybridized carbons (Fsp3) is 0.889. The molecule has 1 aliphatic rings. The summed E-state index contributed by atoms with van der Waals surface area (Å²) < 4.78 is 4.73. The number of likely N-dealkylation sites (tertiary alicyclic amines) is 1. The van der Waals surface area contributed by atoms with E-state index in [1.807, 2.05) is 0 Å². The molecule has 0 amide bonds. The van der Waals surface area contributed by atoms with Gasteiger partial charge >= 0.3 is 5.97 Å². The molecule has 0 saturated carbocycles. The third-order valence-electron chi connectivity index (χ3n) is 2.42. The van der Waals surface area contributed by atoms with E-state index in [2.05, 4.69) is 4.90 Å². The van der Waals surface area contributed by atoms with Crippen molar-refractivity contribution in [2.24, 2.45) is 0 Å². The maximum absolute atomic E-state index is 11.3. The first-order valence-corrected chi connectivity index (χ1v) is 5.21. The first kappa shape index (κ1) is 10.8. The first-order chi connectivity index (χ1) is 6.29. The van der Waals surface area contributed by atoms with Crippen LogP contribution >= 0.6 is 11.6 Å². The molecule has 13 heavy (non-hydrogen) atoms. The van der Waals surface area contributed by atoms with E-state index in [0.717, 1.165) is 32.4 Å². The molecule has 0 aromatic carbocycles. The Morgan fingerprint density at radius 2 is 2.46 bits per heavy atom. The van der Waals surface area contributed by atoms with E-state index in [-0.39, 0.29) is 12.0 Å². The van der Waals surface area contributed by atoms with Crippen LogP contribution in [0.2, 0.25) is 0 Å². The number of rotatable bonds is 4. The van der Waals surface area contributed by atoms with Gasteiger partial charge in [0.15, 0.2) is 0 Å². The Labute approximate surface area is 84.0 Å². The van der Waals surface area contributed by atoms with E-state index in [1.165, 1.54) is 7.11 Å². The quantitative estimate of drug-likeness (QED) is 0.511. The Morgan fingerprint density at radius 3 is 3.08 bits per heavy atom. The Hall–Kier alpha value is -0.280. The molecule has 1 rings (SSSR count). The second-order valence-corrected chi connectivity index (χ2v) is 3.64. The van der Waals surface area contributed by atoms with E-state index in [4.69, 9.17) is 16.3 Å². The Kier molecular flexibility index (Phi) is 4.53. The van der Waals surface area contributed by atoms with E-state index in [1.54, 1.807) is 0 Å². The highest BCUT2D eigenvalue weighted by atomic mass is 35.5. The predicted octanol–water partition coefficient (Wildman–Crippen LogP) is 1.25. The molecular weight excluding hydrogens is 190 g/mol. The van der Waals surface area contributed by atoms with Crippen LogP contribution in [-0.4, -0.2) is 43.0 Å². The second-order valence-electron chi connectivity index (χ2n) is 3.26. The number of halogens is 1. The second kappa shape index (κ2) is 5.45. The average molecular weight is 206 g/mol. The van der Waals surface area contributed by atoms with Gasteiger partial charge in [0.05, 0.1) is 7.11 Å². The molecule has 1 unspecified atom stereocenters. The molecule has 0 bridgehead atoms. The molecule has 0 aliphatic carbocycles.